The van der Waals surface area contributed by atoms with Crippen LogP contribution in [0.1, 0.15) is 206 Å². The van der Waals surface area contributed by atoms with E-state index in [1.54, 1.807) is 47.0 Å². The van der Waals surface area contributed by atoms with Gasteiger partial charge in [0.25, 0.3) is 0 Å². The topological polar surface area (TPSA) is 337 Å². The minimum Gasteiger partial charge on any atom is -0.353 e. The maximum Gasteiger partial charge on any atom is 0.244 e. The fourth-order valence-electron chi connectivity index (χ4n) is 6.96. The summed E-state index contributed by atoms with van der Waals surface area (Å²) in [6, 6.07) is 0.307. The van der Waals surface area contributed by atoms with Crippen LogP contribution in [0.3, 0.4) is 0 Å². The largest absolute Gasteiger partial charge is 0.353 e. The quantitative estimate of drug-likeness (QED) is 0.0153. The Balaban J connectivity index is -0.000000153. The molecule has 0 aliphatic heterocycles. The van der Waals surface area contributed by atoms with Gasteiger partial charge in [-0.3, -0.25) is 57.5 Å². The number of nitrogens with one attached hydrogen (secondary N) is 11. The zero-order chi connectivity index (χ0) is 102. The summed E-state index contributed by atoms with van der Waals surface area (Å²) < 4.78 is 1.17. The van der Waals surface area contributed by atoms with E-state index in [9.17, 15) is 57.5 Å². The van der Waals surface area contributed by atoms with Gasteiger partial charge in [-0.25, -0.2) is 0 Å². The summed E-state index contributed by atoms with van der Waals surface area (Å²) in [6.07, 6.45) is 17.8. The van der Waals surface area contributed by atoms with Crippen LogP contribution in [0.15, 0.2) is 152 Å². The third-order valence-electron chi connectivity index (χ3n) is 13.2. The smallest absolute Gasteiger partial charge is 0.244 e. The van der Waals surface area contributed by atoms with Gasteiger partial charge < -0.3 is 58.5 Å². The van der Waals surface area contributed by atoms with Gasteiger partial charge in [0.1, 0.15) is 0 Å². The third kappa shape index (κ3) is 143. The number of amides is 11. The lowest BCUT2D eigenvalue weighted by Gasteiger charge is -2.23. The fourth-order valence-corrected chi connectivity index (χ4v) is 14.7. The van der Waals surface area contributed by atoms with Crippen molar-refractivity contribution >= 4 is 188 Å². The van der Waals surface area contributed by atoms with Gasteiger partial charge in [-0.2, -0.15) is 94.1 Å². The van der Waals surface area contributed by atoms with E-state index in [4.69, 9.17) is 0 Å². The van der Waals surface area contributed by atoms with Crippen LogP contribution in [0, 0.1) is 5.92 Å². The zero-order valence-electron chi connectivity index (χ0n) is 84.0. The Labute approximate surface area is 826 Å². The molecule has 0 spiro atoms. The van der Waals surface area contributed by atoms with Gasteiger partial charge in [-0.15, -0.1) is 23.5 Å². The Morgan fingerprint density at radius 2 is 0.543 bits per heavy atom. The van der Waals surface area contributed by atoms with E-state index >= 15 is 0 Å². The van der Waals surface area contributed by atoms with Gasteiger partial charge in [0.2, 0.25) is 65.0 Å². The molecular formula is C96H175N11O12S10. The summed E-state index contributed by atoms with van der Waals surface area (Å²) in [7, 11) is 0. The second kappa shape index (κ2) is 92.7. The first kappa shape index (κ1) is 144. The molecule has 0 fully saturated rings. The van der Waals surface area contributed by atoms with E-state index < -0.39 is 0 Å². The molecule has 4 unspecified atom stereocenters. The van der Waals surface area contributed by atoms with Crippen LogP contribution in [-0.4, -0.2) is 236 Å². The average Bonchev–Trinajstić information content (AvgIpc) is 0.947. The molecule has 0 heterocycles. The number of carbonyl (C=O) groups excluding carboxylic acids is 12. The molecule has 0 rings (SSSR count). The minimum atomic E-state index is -0.242. The van der Waals surface area contributed by atoms with Crippen molar-refractivity contribution in [2.75, 3.05) is 97.0 Å². The second-order valence-electron chi connectivity index (χ2n) is 33.6. The molecule has 0 radical (unpaired) electrons. The van der Waals surface area contributed by atoms with Crippen molar-refractivity contribution in [3.63, 3.8) is 0 Å². The minimum absolute atomic E-state index is 0.0206. The summed E-state index contributed by atoms with van der Waals surface area (Å²) in [5, 5.41) is 33.1. The van der Waals surface area contributed by atoms with E-state index in [1.165, 1.54) is 72.9 Å². The lowest BCUT2D eigenvalue weighted by Crippen LogP contribution is -2.44. The van der Waals surface area contributed by atoms with Crippen LogP contribution in [-0.2, 0) is 57.5 Å². The molecule has 11 N–H and O–H groups in total. The molecule has 0 bridgehead atoms. The van der Waals surface area contributed by atoms with E-state index in [0.29, 0.717) is 68.8 Å². The van der Waals surface area contributed by atoms with Gasteiger partial charge in [0, 0.05) is 116 Å². The Bertz CT molecular complexity index is 3180. The summed E-state index contributed by atoms with van der Waals surface area (Å²) in [6.45, 7) is 102. The number of allylic oxidation sites excluding steroid dienone is 1. The molecule has 0 saturated heterocycles. The van der Waals surface area contributed by atoms with Crippen molar-refractivity contribution in [1.82, 2.24) is 58.5 Å². The zero-order valence-corrected chi connectivity index (χ0v) is 92.2. The molecule has 0 aromatic heterocycles. The molecule has 33 heteroatoms. The van der Waals surface area contributed by atoms with E-state index in [1.807, 2.05) is 84.4 Å². The Kier molecular flexibility index (Phi) is 103. The summed E-state index contributed by atoms with van der Waals surface area (Å²) in [5.74, 6) is 7.64. The predicted molar refractivity (Wildman–Crippen MR) is 585 cm³/mol. The number of hydrogen-bond donors (Lipinski definition) is 11. The lowest BCUT2D eigenvalue weighted by atomic mass is 10.0. The molecule has 4 atom stereocenters. The SMILES string of the molecule is C=CC(=O)CC(CNC(=O)C=C)CSC(C)C.C=CC(=O)NC(C)CSC(C)(C)C.C=CC(=O)NC(C)CSC(C)C.C=CC(=O)NCC(CSC(C)(C)C)NC(=O)C=C.C=CC(=O)NCCCSC(C)(C)C.C=CC(=O)NCCCSC(C)C.C=CC(=O)NCCSC(C)(C)C.C=CC(=O)NCCSC(C)C.C=CC(=O)NCSC(C)(C)C.C=CC(=O)NCSC(C)C. The molecule has 11 amide bonds. The van der Waals surface area contributed by atoms with E-state index in [-0.39, 0.29) is 114 Å². The first-order valence-corrected chi connectivity index (χ1v) is 53.2. The first-order valence-electron chi connectivity index (χ1n) is 43.0. The van der Waals surface area contributed by atoms with Gasteiger partial charge in [-0.05, 0) is 144 Å². The highest BCUT2D eigenvalue weighted by molar-refractivity contribution is 8.02. The Morgan fingerprint density at radius 1 is 0.256 bits per heavy atom. The van der Waals surface area contributed by atoms with Crippen molar-refractivity contribution in [3.05, 3.63) is 152 Å². The molecule has 0 aliphatic rings. The maximum atomic E-state index is 11.3. The normalized spacial score (nSPS) is 11.4. The summed E-state index contributed by atoms with van der Waals surface area (Å²) in [5.41, 5.74) is 0. The number of thioether (sulfide) groups is 10. The van der Waals surface area contributed by atoms with Gasteiger partial charge in [-0.1, -0.05) is 252 Å². The van der Waals surface area contributed by atoms with Gasteiger partial charge in [0.15, 0.2) is 5.78 Å². The Morgan fingerprint density at radius 3 is 0.899 bits per heavy atom. The fraction of sp³-hybridized carbons (Fsp3) is 0.625. The Hall–Kier alpha value is -5.78. The van der Waals surface area contributed by atoms with Crippen molar-refractivity contribution < 1.29 is 57.5 Å². The van der Waals surface area contributed by atoms with Crippen molar-refractivity contribution in [3.8, 4) is 0 Å². The number of ketones is 1. The van der Waals surface area contributed by atoms with Crippen LogP contribution >= 0.6 is 118 Å². The number of carbonyl (C=O) groups is 12. The molecular weight excluding hydrogens is 1820 g/mol. The van der Waals surface area contributed by atoms with Crippen LogP contribution in [0.2, 0.25) is 0 Å². The molecule has 23 nitrogen and oxygen atoms in total. The average molecular weight is 2000 g/mol. The third-order valence-corrected chi connectivity index (χ3v) is 25.9. The monoisotopic (exact) mass is 1990 g/mol. The lowest BCUT2D eigenvalue weighted by molar-refractivity contribution is -0.118. The van der Waals surface area contributed by atoms with Crippen molar-refractivity contribution in [1.29, 1.82) is 0 Å². The van der Waals surface area contributed by atoms with Crippen LogP contribution in [0.5, 0.6) is 0 Å². The van der Waals surface area contributed by atoms with E-state index in [0.717, 1.165) is 78.5 Å². The summed E-state index contributed by atoms with van der Waals surface area (Å²) >= 11 is 18.1. The predicted octanol–water partition coefficient (Wildman–Crippen LogP) is 18.2. The summed E-state index contributed by atoms with van der Waals surface area (Å²) in [4.78, 5) is 130. The van der Waals surface area contributed by atoms with Crippen LogP contribution in [0.25, 0.3) is 0 Å². The highest BCUT2D eigenvalue weighted by Gasteiger charge is 2.20. The molecule has 129 heavy (non-hydrogen) atoms. The first-order chi connectivity index (χ1) is 59.5. The highest BCUT2D eigenvalue weighted by Crippen LogP contribution is 2.27. The van der Waals surface area contributed by atoms with Crippen LogP contribution < -0.4 is 58.5 Å². The van der Waals surface area contributed by atoms with Crippen molar-refractivity contribution in [2.45, 2.75) is 274 Å². The molecule has 0 aromatic carbocycles. The van der Waals surface area contributed by atoms with E-state index in [2.05, 4.69) is 311 Å². The van der Waals surface area contributed by atoms with Gasteiger partial charge in [0.05, 0.1) is 17.8 Å². The molecule has 0 saturated carbocycles. The standard InChI is InChI=1S/C13H22N2O2S.C13H21NO2S.2C10H19NOS.3C9H17NOS.2C8H15NOS.C7H13NOS/c1-6-11(16)14-8-10(15-12(17)7-2)9-18-13(3,4)5;1-5-12(15)7-11(9-17-10(3)4)8-14-13(16)6-2;1-6-9(12)11-8(2)7-13-10(3,4)5;1-5-9(12)11-7-6-8-13-10(2,3)4;1-5-8(11)10-6-7-12-9(2,3)4;1-5-9(11)10-8(4)6-12-7(2)3;1-4-9(11)10-6-5-7-12-8(2)3;1-5-7(10)9-6-11-8(2,3)4;1-4-8(10)9-5-6-11-7(2)3;1-4-7(9)8-5-10-6(2)3/h6-7,10H,1-2,8-9H2,3-5H3,(H,14,16)(H,15,17);5-6,10-11H,1-2,7-9H2,3-4H3,(H,14,16);6,8H,1,7H2,2-5H3,(H,11,12);5H,1,6-8H2,2-4H3,(H,11,12);5H,1,6-7H2,2-4H3,(H,10,11);5,7-8H,1,6H2,2-4H3,(H,10,11);4,8H,1,5-7H2,2-3H3,(H,10,11);5H,1,6H2,2-4H3,(H,9,10);4,7H,1,5-6H2,2-3H3,(H,9,10);4,6H,1,5H2,2-3H3,(H,8,9). The molecule has 0 aliphatic carbocycles. The highest BCUT2D eigenvalue weighted by atomic mass is 32.2. The van der Waals surface area contributed by atoms with Crippen LogP contribution in [0.4, 0.5) is 0 Å². The number of rotatable bonds is 52. The maximum absolute atomic E-state index is 11.3. The molecule has 0 aromatic rings. The van der Waals surface area contributed by atoms with Gasteiger partial charge >= 0.3 is 0 Å². The van der Waals surface area contributed by atoms with Crippen molar-refractivity contribution in [2.24, 2.45) is 5.92 Å². The second-order valence-corrected chi connectivity index (χ2v) is 51.1. The number of hydrogen-bond acceptors (Lipinski definition) is 22. The molecule has 746 valence electrons.